The van der Waals surface area contributed by atoms with Gasteiger partial charge in [-0.05, 0) is 31.0 Å². The van der Waals surface area contributed by atoms with Gasteiger partial charge in [0.05, 0.1) is 0 Å². The zero-order valence-electron chi connectivity index (χ0n) is 10.5. The molecule has 0 spiro atoms. The number of hydrogen-bond acceptors (Lipinski definition) is 4. The van der Waals surface area contributed by atoms with E-state index in [1.165, 1.54) is 0 Å². The summed E-state index contributed by atoms with van der Waals surface area (Å²) in [5, 5.41) is 3.36. The van der Waals surface area contributed by atoms with Crippen molar-refractivity contribution in [1.29, 1.82) is 0 Å². The fourth-order valence-electron chi connectivity index (χ4n) is 1.82. The Balaban J connectivity index is 1.81. The molecule has 20 heavy (non-hydrogen) atoms. The Morgan fingerprint density at radius 3 is 2.60 bits per heavy atom. The minimum Gasteiger partial charge on any atom is -0.454 e. The van der Waals surface area contributed by atoms with Crippen LogP contribution in [0.4, 0.5) is 5.69 Å². The topological polar surface area (TPSA) is 64.6 Å². The predicted molar refractivity (Wildman–Crippen MR) is 75.0 cm³/mol. The van der Waals surface area contributed by atoms with Crippen molar-refractivity contribution < 1.29 is 19.1 Å². The molecule has 1 saturated heterocycles. The number of carbonyl (C=O) groups is 2. The molecule has 108 valence electrons. The van der Waals surface area contributed by atoms with Crippen molar-refractivity contribution in [3.63, 3.8) is 0 Å². The SMILES string of the molecule is O=C(COC(=O)[C@H]1CCCO1)Nc1cc(Cl)cc(Cl)c1. The normalized spacial score (nSPS) is 17.8. The monoisotopic (exact) mass is 317 g/mol. The Labute approximate surface area is 126 Å². The van der Waals surface area contributed by atoms with E-state index in [1.807, 2.05) is 0 Å². The maximum Gasteiger partial charge on any atom is 0.335 e. The summed E-state index contributed by atoms with van der Waals surface area (Å²) in [4.78, 5) is 23.2. The first-order valence-electron chi connectivity index (χ1n) is 6.09. The molecule has 1 amide bonds. The Kier molecular flexibility index (Phi) is 5.23. The van der Waals surface area contributed by atoms with Crippen LogP contribution in [0.3, 0.4) is 0 Å². The van der Waals surface area contributed by atoms with E-state index in [0.29, 0.717) is 28.8 Å². The average molecular weight is 318 g/mol. The van der Waals surface area contributed by atoms with Gasteiger partial charge in [0.1, 0.15) is 0 Å². The second-order valence-electron chi connectivity index (χ2n) is 4.32. The van der Waals surface area contributed by atoms with Crippen molar-refractivity contribution in [3.8, 4) is 0 Å². The number of carbonyl (C=O) groups excluding carboxylic acids is 2. The van der Waals surface area contributed by atoms with Gasteiger partial charge >= 0.3 is 5.97 Å². The molecule has 0 bridgehead atoms. The third-order valence-corrected chi connectivity index (χ3v) is 3.12. The standard InChI is InChI=1S/C13H13Cl2NO4/c14-8-4-9(15)6-10(5-8)16-12(17)7-20-13(18)11-2-1-3-19-11/h4-6,11H,1-3,7H2,(H,16,17)/t11-/m1/s1. The first kappa shape index (κ1) is 15.1. The van der Waals surface area contributed by atoms with Gasteiger partial charge in [0, 0.05) is 22.3 Å². The van der Waals surface area contributed by atoms with E-state index in [0.717, 1.165) is 6.42 Å². The van der Waals surface area contributed by atoms with Crippen LogP contribution in [0.5, 0.6) is 0 Å². The molecule has 1 aromatic carbocycles. The molecule has 0 aromatic heterocycles. The van der Waals surface area contributed by atoms with Gasteiger partial charge in [-0.1, -0.05) is 23.2 Å². The summed E-state index contributed by atoms with van der Waals surface area (Å²) in [6, 6.07) is 4.65. The molecular weight excluding hydrogens is 305 g/mol. The number of hydrogen-bond donors (Lipinski definition) is 1. The molecular formula is C13H13Cl2NO4. The lowest BCUT2D eigenvalue weighted by atomic mass is 10.2. The Hall–Kier alpha value is -1.30. The van der Waals surface area contributed by atoms with E-state index in [2.05, 4.69) is 5.32 Å². The lowest BCUT2D eigenvalue weighted by molar-refractivity contribution is -0.156. The summed E-state index contributed by atoms with van der Waals surface area (Å²) in [7, 11) is 0. The molecule has 1 N–H and O–H groups in total. The maximum absolute atomic E-state index is 11.6. The number of amides is 1. The maximum atomic E-state index is 11.6. The number of benzene rings is 1. The van der Waals surface area contributed by atoms with Gasteiger partial charge in [0.25, 0.3) is 5.91 Å². The van der Waals surface area contributed by atoms with Crippen molar-refractivity contribution >= 4 is 40.8 Å². The fourth-order valence-corrected chi connectivity index (χ4v) is 2.34. The summed E-state index contributed by atoms with van der Waals surface area (Å²) < 4.78 is 10.0. The highest BCUT2D eigenvalue weighted by molar-refractivity contribution is 6.35. The van der Waals surface area contributed by atoms with Crippen LogP contribution in [0.2, 0.25) is 10.0 Å². The molecule has 5 nitrogen and oxygen atoms in total. The number of rotatable bonds is 4. The van der Waals surface area contributed by atoms with Gasteiger partial charge < -0.3 is 14.8 Å². The number of halogens is 2. The van der Waals surface area contributed by atoms with Crippen LogP contribution in [0.15, 0.2) is 18.2 Å². The largest absolute Gasteiger partial charge is 0.454 e. The third-order valence-electron chi connectivity index (χ3n) is 2.68. The van der Waals surface area contributed by atoms with E-state index < -0.39 is 18.0 Å². The molecule has 1 atom stereocenters. The van der Waals surface area contributed by atoms with E-state index in [-0.39, 0.29) is 6.61 Å². The van der Waals surface area contributed by atoms with Crippen molar-refractivity contribution in [1.82, 2.24) is 0 Å². The molecule has 2 rings (SSSR count). The Bertz CT molecular complexity index is 495. The van der Waals surface area contributed by atoms with Crippen molar-refractivity contribution in [2.75, 3.05) is 18.5 Å². The van der Waals surface area contributed by atoms with Crippen LogP contribution in [0.1, 0.15) is 12.8 Å². The van der Waals surface area contributed by atoms with Crippen molar-refractivity contribution in [3.05, 3.63) is 28.2 Å². The molecule has 7 heteroatoms. The van der Waals surface area contributed by atoms with Crippen LogP contribution in [-0.4, -0.2) is 31.2 Å². The van der Waals surface area contributed by atoms with Gasteiger partial charge in [-0.25, -0.2) is 4.79 Å². The lowest BCUT2D eigenvalue weighted by Gasteiger charge is -2.10. The smallest absolute Gasteiger partial charge is 0.335 e. The molecule has 1 fully saturated rings. The lowest BCUT2D eigenvalue weighted by Crippen LogP contribution is -2.27. The summed E-state index contributed by atoms with van der Waals surface area (Å²) in [5.74, 6) is -0.976. The van der Waals surface area contributed by atoms with E-state index in [1.54, 1.807) is 18.2 Å². The highest BCUT2D eigenvalue weighted by atomic mass is 35.5. The van der Waals surface area contributed by atoms with E-state index in [4.69, 9.17) is 32.7 Å². The summed E-state index contributed by atoms with van der Waals surface area (Å²) >= 11 is 11.6. The summed E-state index contributed by atoms with van der Waals surface area (Å²) in [6.07, 6.45) is 0.903. The minimum absolute atomic E-state index is 0.372. The molecule has 0 radical (unpaired) electrons. The summed E-state index contributed by atoms with van der Waals surface area (Å²) in [6.45, 7) is 0.176. The summed E-state index contributed by atoms with van der Waals surface area (Å²) in [5.41, 5.74) is 0.445. The van der Waals surface area contributed by atoms with Crippen molar-refractivity contribution in [2.24, 2.45) is 0 Å². The van der Waals surface area contributed by atoms with Crippen LogP contribution in [0, 0.1) is 0 Å². The second kappa shape index (κ2) is 6.92. The highest BCUT2D eigenvalue weighted by Gasteiger charge is 2.25. The molecule has 1 heterocycles. The quantitative estimate of drug-likeness (QED) is 0.867. The molecule has 0 aliphatic carbocycles. The first-order valence-corrected chi connectivity index (χ1v) is 6.84. The van der Waals surface area contributed by atoms with E-state index >= 15 is 0 Å². The minimum atomic E-state index is -0.552. The van der Waals surface area contributed by atoms with Crippen LogP contribution in [-0.2, 0) is 19.1 Å². The Morgan fingerprint density at radius 2 is 2.00 bits per heavy atom. The van der Waals surface area contributed by atoms with Gasteiger partial charge in [-0.15, -0.1) is 0 Å². The number of ether oxygens (including phenoxy) is 2. The third kappa shape index (κ3) is 4.37. The van der Waals surface area contributed by atoms with Crippen LogP contribution < -0.4 is 5.32 Å². The zero-order valence-corrected chi connectivity index (χ0v) is 12.0. The number of nitrogens with one attached hydrogen (secondary N) is 1. The number of anilines is 1. The van der Waals surface area contributed by atoms with Crippen LogP contribution >= 0.6 is 23.2 Å². The van der Waals surface area contributed by atoms with Gasteiger partial charge in [-0.2, -0.15) is 0 Å². The molecule has 1 aliphatic rings. The highest BCUT2D eigenvalue weighted by Crippen LogP contribution is 2.22. The fraction of sp³-hybridized carbons (Fsp3) is 0.385. The van der Waals surface area contributed by atoms with Gasteiger partial charge in [0.2, 0.25) is 0 Å². The van der Waals surface area contributed by atoms with Crippen LogP contribution in [0.25, 0.3) is 0 Å². The number of esters is 1. The van der Waals surface area contributed by atoms with Gasteiger partial charge in [-0.3, -0.25) is 4.79 Å². The zero-order chi connectivity index (χ0) is 14.5. The second-order valence-corrected chi connectivity index (χ2v) is 5.19. The predicted octanol–water partition coefficient (Wildman–Crippen LogP) is 2.65. The van der Waals surface area contributed by atoms with Gasteiger partial charge in [0.15, 0.2) is 12.7 Å². The molecule has 1 aliphatic heterocycles. The molecule has 0 unspecified atom stereocenters. The molecule has 1 aromatic rings. The first-order chi connectivity index (χ1) is 9.54. The Morgan fingerprint density at radius 1 is 1.30 bits per heavy atom. The average Bonchev–Trinajstić information content (AvgIpc) is 2.88. The van der Waals surface area contributed by atoms with E-state index in [9.17, 15) is 9.59 Å². The molecule has 0 saturated carbocycles. The van der Waals surface area contributed by atoms with Crippen molar-refractivity contribution in [2.45, 2.75) is 18.9 Å².